The highest BCUT2D eigenvalue weighted by molar-refractivity contribution is 5.97. The van der Waals surface area contributed by atoms with Crippen LogP contribution in [0.15, 0.2) is 78.9 Å². The van der Waals surface area contributed by atoms with Gasteiger partial charge in [-0.3, -0.25) is 4.79 Å². The molecule has 28 heavy (non-hydrogen) atoms. The van der Waals surface area contributed by atoms with Gasteiger partial charge in [-0.15, -0.1) is 0 Å². The predicted octanol–water partition coefficient (Wildman–Crippen LogP) is 4.90. The Balaban J connectivity index is 1.67. The van der Waals surface area contributed by atoms with Crippen molar-refractivity contribution < 1.29 is 9.53 Å². The van der Waals surface area contributed by atoms with Gasteiger partial charge in [0.05, 0.1) is 12.7 Å². The summed E-state index contributed by atoms with van der Waals surface area (Å²) >= 11 is 0. The smallest absolute Gasteiger partial charge is 0.258 e. The van der Waals surface area contributed by atoms with E-state index in [9.17, 15) is 4.79 Å². The quantitative estimate of drug-likeness (QED) is 0.639. The van der Waals surface area contributed by atoms with Crippen molar-refractivity contribution >= 4 is 5.91 Å². The normalized spacial score (nSPS) is 15.5. The second-order valence-electron chi connectivity index (χ2n) is 7.28. The largest absolute Gasteiger partial charge is 0.496 e. The fraction of sp³-hybridized carbons (Fsp3) is 0.240. The summed E-state index contributed by atoms with van der Waals surface area (Å²) in [4.78, 5) is 15.6. The Bertz CT molecular complexity index is 952. The van der Waals surface area contributed by atoms with Gasteiger partial charge in [0.15, 0.2) is 0 Å². The lowest BCUT2D eigenvalue weighted by Crippen LogP contribution is -2.43. The lowest BCUT2D eigenvalue weighted by molar-refractivity contribution is 0.0640. The van der Waals surface area contributed by atoms with E-state index in [1.54, 1.807) is 7.11 Å². The Morgan fingerprint density at radius 3 is 2.39 bits per heavy atom. The summed E-state index contributed by atoms with van der Waals surface area (Å²) in [5.74, 6) is 0.660. The van der Waals surface area contributed by atoms with Crippen LogP contribution in [0.25, 0.3) is 0 Å². The molecular weight excluding hydrogens is 346 g/mol. The molecule has 1 aliphatic rings. The minimum absolute atomic E-state index is 0.0330. The van der Waals surface area contributed by atoms with E-state index in [-0.39, 0.29) is 11.9 Å². The van der Waals surface area contributed by atoms with Crippen molar-refractivity contribution in [1.82, 2.24) is 4.90 Å². The van der Waals surface area contributed by atoms with Crippen molar-refractivity contribution in [3.8, 4) is 5.75 Å². The maximum Gasteiger partial charge on any atom is 0.258 e. The van der Waals surface area contributed by atoms with Crippen LogP contribution in [0.3, 0.4) is 0 Å². The number of fused-ring (bicyclic) bond motifs is 1. The van der Waals surface area contributed by atoms with E-state index >= 15 is 0 Å². The van der Waals surface area contributed by atoms with Gasteiger partial charge >= 0.3 is 0 Å². The van der Waals surface area contributed by atoms with E-state index in [0.29, 0.717) is 17.9 Å². The van der Waals surface area contributed by atoms with Gasteiger partial charge in [0.1, 0.15) is 5.75 Å². The fourth-order valence-corrected chi connectivity index (χ4v) is 4.07. The SMILES string of the molecule is COc1ccccc1C(=O)N(Cc1ccccc1)C1CCc2ccccc2C1. The van der Waals surface area contributed by atoms with Crippen LogP contribution >= 0.6 is 0 Å². The van der Waals surface area contributed by atoms with Gasteiger partial charge in [-0.05, 0) is 48.1 Å². The van der Waals surface area contributed by atoms with Crippen LogP contribution in [0.1, 0.15) is 33.5 Å². The maximum absolute atomic E-state index is 13.6. The molecule has 0 fully saturated rings. The number of rotatable bonds is 5. The molecule has 142 valence electrons. The summed E-state index contributed by atoms with van der Waals surface area (Å²) in [5, 5.41) is 0. The highest BCUT2D eigenvalue weighted by Crippen LogP contribution is 2.28. The van der Waals surface area contributed by atoms with Gasteiger partial charge in [-0.25, -0.2) is 0 Å². The van der Waals surface area contributed by atoms with Crippen molar-refractivity contribution in [3.63, 3.8) is 0 Å². The molecule has 0 heterocycles. The third kappa shape index (κ3) is 3.79. The van der Waals surface area contributed by atoms with Crippen LogP contribution in [-0.2, 0) is 19.4 Å². The Kier molecular flexibility index (Phi) is 5.43. The zero-order valence-electron chi connectivity index (χ0n) is 16.2. The van der Waals surface area contributed by atoms with Gasteiger partial charge < -0.3 is 9.64 Å². The number of ether oxygens (including phenoxy) is 1. The summed E-state index contributed by atoms with van der Waals surface area (Å²) in [6.45, 7) is 0.602. The standard InChI is InChI=1S/C25H25NO2/c1-28-24-14-8-7-13-23(24)25(27)26(18-19-9-3-2-4-10-19)22-16-15-20-11-5-6-12-21(20)17-22/h2-14,22H,15-18H2,1H3. The van der Waals surface area contributed by atoms with Crippen LogP contribution in [0.2, 0.25) is 0 Å². The predicted molar refractivity (Wildman–Crippen MR) is 112 cm³/mol. The zero-order valence-corrected chi connectivity index (χ0v) is 16.2. The molecule has 1 unspecified atom stereocenters. The van der Waals surface area contributed by atoms with E-state index in [1.807, 2.05) is 47.4 Å². The molecule has 3 heteroatoms. The topological polar surface area (TPSA) is 29.5 Å². The zero-order chi connectivity index (χ0) is 19.3. The first-order chi connectivity index (χ1) is 13.8. The second kappa shape index (κ2) is 8.30. The van der Waals surface area contributed by atoms with Gasteiger partial charge in [0.2, 0.25) is 0 Å². The lowest BCUT2D eigenvalue weighted by atomic mass is 9.87. The van der Waals surface area contributed by atoms with Crippen LogP contribution in [0, 0.1) is 0 Å². The Morgan fingerprint density at radius 2 is 1.61 bits per heavy atom. The van der Waals surface area contributed by atoms with Gasteiger partial charge in [-0.2, -0.15) is 0 Å². The molecule has 3 aromatic carbocycles. The number of para-hydroxylation sites is 1. The summed E-state index contributed by atoms with van der Waals surface area (Å²) in [6, 6.07) is 26.5. The first-order valence-electron chi connectivity index (χ1n) is 9.81. The number of hydrogen-bond acceptors (Lipinski definition) is 2. The number of benzene rings is 3. The van der Waals surface area contributed by atoms with Crippen LogP contribution in [-0.4, -0.2) is 24.0 Å². The third-order valence-electron chi connectivity index (χ3n) is 5.56. The van der Waals surface area contributed by atoms with Crippen molar-refractivity contribution in [2.45, 2.75) is 31.8 Å². The van der Waals surface area contributed by atoms with Crippen LogP contribution < -0.4 is 4.74 Å². The number of carbonyl (C=O) groups is 1. The molecule has 0 aromatic heterocycles. The van der Waals surface area contributed by atoms with Crippen molar-refractivity contribution in [2.24, 2.45) is 0 Å². The highest BCUT2D eigenvalue weighted by Gasteiger charge is 2.29. The molecule has 0 spiro atoms. The average molecular weight is 371 g/mol. The Hall–Kier alpha value is -3.07. The lowest BCUT2D eigenvalue weighted by Gasteiger charge is -2.35. The molecule has 1 amide bonds. The minimum Gasteiger partial charge on any atom is -0.496 e. The Labute approximate surface area is 166 Å². The molecule has 0 saturated heterocycles. The number of aryl methyl sites for hydroxylation is 1. The number of hydrogen-bond donors (Lipinski definition) is 0. The third-order valence-corrected chi connectivity index (χ3v) is 5.56. The second-order valence-corrected chi connectivity index (χ2v) is 7.28. The number of methoxy groups -OCH3 is 1. The Morgan fingerprint density at radius 1 is 0.929 bits per heavy atom. The molecule has 4 rings (SSSR count). The number of amides is 1. The summed E-state index contributed by atoms with van der Waals surface area (Å²) in [6.07, 6.45) is 2.87. The number of carbonyl (C=O) groups excluding carboxylic acids is 1. The molecule has 1 aliphatic carbocycles. The van der Waals surface area contributed by atoms with E-state index < -0.39 is 0 Å². The van der Waals surface area contributed by atoms with Crippen molar-refractivity contribution in [1.29, 1.82) is 0 Å². The van der Waals surface area contributed by atoms with Gasteiger partial charge in [0, 0.05) is 12.6 Å². The molecule has 0 N–H and O–H groups in total. The van der Waals surface area contributed by atoms with E-state index in [2.05, 4.69) is 36.4 Å². The summed E-state index contributed by atoms with van der Waals surface area (Å²) in [7, 11) is 1.62. The van der Waals surface area contributed by atoms with Gasteiger partial charge in [0.25, 0.3) is 5.91 Å². The van der Waals surface area contributed by atoms with Crippen LogP contribution in [0.4, 0.5) is 0 Å². The molecule has 0 radical (unpaired) electrons. The monoisotopic (exact) mass is 371 g/mol. The summed E-state index contributed by atoms with van der Waals surface area (Å²) < 4.78 is 5.46. The molecule has 0 saturated carbocycles. The molecule has 1 atom stereocenters. The number of nitrogens with zero attached hydrogens (tertiary/aromatic N) is 1. The minimum atomic E-state index is 0.0330. The summed E-state index contributed by atoms with van der Waals surface area (Å²) in [5.41, 5.74) is 4.53. The van der Waals surface area contributed by atoms with E-state index in [1.165, 1.54) is 11.1 Å². The van der Waals surface area contributed by atoms with E-state index in [0.717, 1.165) is 24.8 Å². The molecule has 3 aromatic rings. The fourth-order valence-electron chi connectivity index (χ4n) is 4.07. The van der Waals surface area contributed by atoms with Gasteiger partial charge in [-0.1, -0.05) is 66.7 Å². The molecule has 3 nitrogen and oxygen atoms in total. The van der Waals surface area contributed by atoms with E-state index in [4.69, 9.17) is 4.74 Å². The highest BCUT2D eigenvalue weighted by atomic mass is 16.5. The van der Waals surface area contributed by atoms with Crippen molar-refractivity contribution in [2.75, 3.05) is 7.11 Å². The maximum atomic E-state index is 13.6. The van der Waals surface area contributed by atoms with Crippen molar-refractivity contribution in [3.05, 3.63) is 101 Å². The van der Waals surface area contributed by atoms with Crippen LogP contribution in [0.5, 0.6) is 5.75 Å². The molecular formula is C25H25NO2. The first-order valence-corrected chi connectivity index (χ1v) is 9.81. The molecule has 0 aliphatic heterocycles. The molecule has 0 bridgehead atoms. The average Bonchev–Trinajstić information content (AvgIpc) is 2.77. The first kappa shape index (κ1) is 18.3.